The lowest BCUT2D eigenvalue weighted by atomic mass is 10.1. The summed E-state index contributed by atoms with van der Waals surface area (Å²) in [6.07, 6.45) is 0. The van der Waals surface area contributed by atoms with Crippen molar-refractivity contribution in [3.05, 3.63) is 35.4 Å². The molecular formula is C20H28F2N4O3. The van der Waals surface area contributed by atoms with Crippen molar-refractivity contribution in [3.8, 4) is 0 Å². The van der Waals surface area contributed by atoms with Crippen molar-refractivity contribution < 1.29 is 23.2 Å². The van der Waals surface area contributed by atoms with Crippen LogP contribution in [0.4, 0.5) is 8.78 Å². The van der Waals surface area contributed by atoms with E-state index in [1.165, 1.54) is 15.9 Å². The highest BCUT2D eigenvalue weighted by molar-refractivity contribution is 5.95. The molecule has 1 aliphatic heterocycles. The Hall–Kier alpha value is -2.55. The Morgan fingerprint density at radius 3 is 2.14 bits per heavy atom. The second-order valence-corrected chi connectivity index (χ2v) is 8.21. The summed E-state index contributed by atoms with van der Waals surface area (Å²) in [6, 6.07) is 3.32. The quantitative estimate of drug-likeness (QED) is 0.789. The lowest BCUT2D eigenvalue weighted by molar-refractivity contribution is -0.136. The second kappa shape index (κ2) is 9.30. The highest BCUT2D eigenvalue weighted by Gasteiger charge is 2.28. The first-order chi connectivity index (χ1) is 13.5. The number of hydrogen-bond donors (Lipinski definition) is 1. The van der Waals surface area contributed by atoms with Gasteiger partial charge >= 0.3 is 0 Å². The molecule has 1 aliphatic rings. The van der Waals surface area contributed by atoms with Gasteiger partial charge in [0.2, 0.25) is 11.8 Å². The topological polar surface area (TPSA) is 73.0 Å². The minimum Gasteiger partial charge on any atom is -0.350 e. The van der Waals surface area contributed by atoms with Gasteiger partial charge in [-0.3, -0.25) is 19.3 Å². The fourth-order valence-electron chi connectivity index (χ4n) is 3.04. The maximum Gasteiger partial charge on any atom is 0.259 e. The molecule has 1 heterocycles. The zero-order chi connectivity index (χ0) is 21.8. The average Bonchev–Trinajstić information content (AvgIpc) is 2.60. The second-order valence-electron chi connectivity index (χ2n) is 8.21. The predicted molar refractivity (Wildman–Crippen MR) is 104 cm³/mol. The van der Waals surface area contributed by atoms with E-state index in [1.54, 1.807) is 7.05 Å². The summed E-state index contributed by atoms with van der Waals surface area (Å²) < 4.78 is 27.6. The number of amides is 3. The summed E-state index contributed by atoms with van der Waals surface area (Å²) in [5, 5.41) is 2.80. The van der Waals surface area contributed by atoms with E-state index in [9.17, 15) is 23.2 Å². The lowest BCUT2D eigenvalue weighted by Crippen LogP contribution is -2.52. The molecule has 3 amide bonds. The Balaban J connectivity index is 1.84. The van der Waals surface area contributed by atoms with Crippen molar-refractivity contribution in [2.24, 2.45) is 0 Å². The Morgan fingerprint density at radius 2 is 1.62 bits per heavy atom. The minimum absolute atomic E-state index is 0.0406. The predicted octanol–water partition coefficient (Wildman–Crippen LogP) is 1.10. The van der Waals surface area contributed by atoms with Gasteiger partial charge in [-0.2, -0.15) is 0 Å². The Bertz CT molecular complexity index is 751. The first-order valence-corrected chi connectivity index (χ1v) is 9.48. The maximum atomic E-state index is 13.8. The van der Waals surface area contributed by atoms with Crippen LogP contribution < -0.4 is 5.32 Å². The number of carbonyl (C=O) groups excluding carboxylic acids is 3. The molecule has 0 atom stereocenters. The molecule has 1 fully saturated rings. The summed E-state index contributed by atoms with van der Waals surface area (Å²) in [6.45, 7) is 6.96. The van der Waals surface area contributed by atoms with E-state index in [-0.39, 0.29) is 43.5 Å². The van der Waals surface area contributed by atoms with E-state index < -0.39 is 23.1 Å². The van der Waals surface area contributed by atoms with Crippen molar-refractivity contribution in [1.82, 2.24) is 20.0 Å². The van der Waals surface area contributed by atoms with Crippen molar-refractivity contribution in [2.45, 2.75) is 26.3 Å². The summed E-state index contributed by atoms with van der Waals surface area (Å²) in [5.41, 5.74) is -0.928. The summed E-state index contributed by atoms with van der Waals surface area (Å²) in [5.74, 6) is -2.92. The summed E-state index contributed by atoms with van der Waals surface area (Å²) >= 11 is 0. The van der Waals surface area contributed by atoms with E-state index in [0.29, 0.717) is 13.1 Å². The van der Waals surface area contributed by atoms with Gasteiger partial charge in [0.1, 0.15) is 17.2 Å². The van der Waals surface area contributed by atoms with Crippen molar-refractivity contribution in [2.75, 3.05) is 46.3 Å². The molecule has 160 valence electrons. The molecule has 29 heavy (non-hydrogen) atoms. The van der Waals surface area contributed by atoms with E-state index in [0.717, 1.165) is 12.1 Å². The van der Waals surface area contributed by atoms with Crippen LogP contribution in [0, 0.1) is 11.6 Å². The molecule has 0 spiro atoms. The van der Waals surface area contributed by atoms with Crippen LogP contribution in [-0.2, 0) is 9.59 Å². The molecule has 9 heteroatoms. The van der Waals surface area contributed by atoms with Crippen LogP contribution >= 0.6 is 0 Å². The molecule has 7 nitrogen and oxygen atoms in total. The number of piperazine rings is 1. The summed E-state index contributed by atoms with van der Waals surface area (Å²) in [7, 11) is 1.56. The normalized spacial score (nSPS) is 15.2. The van der Waals surface area contributed by atoms with Crippen molar-refractivity contribution in [1.29, 1.82) is 0 Å². The van der Waals surface area contributed by atoms with Gasteiger partial charge in [-0.1, -0.05) is 6.07 Å². The first-order valence-electron chi connectivity index (χ1n) is 9.48. The van der Waals surface area contributed by atoms with Gasteiger partial charge in [0.05, 0.1) is 13.1 Å². The molecule has 0 aromatic heterocycles. The zero-order valence-electron chi connectivity index (χ0n) is 17.3. The molecule has 0 unspecified atom stereocenters. The van der Waals surface area contributed by atoms with Gasteiger partial charge in [0.25, 0.3) is 5.91 Å². The van der Waals surface area contributed by atoms with Gasteiger partial charge < -0.3 is 15.1 Å². The molecule has 1 saturated heterocycles. The fourth-order valence-corrected chi connectivity index (χ4v) is 3.04. The third kappa shape index (κ3) is 6.49. The van der Waals surface area contributed by atoms with E-state index in [2.05, 4.69) is 5.32 Å². The summed E-state index contributed by atoms with van der Waals surface area (Å²) in [4.78, 5) is 41.3. The molecule has 1 N–H and O–H groups in total. The molecule has 1 aromatic carbocycles. The van der Waals surface area contributed by atoms with Crippen molar-refractivity contribution >= 4 is 17.7 Å². The SMILES string of the molecule is CN(CC(=O)NC(C)(C)C)C(=O)CN1CCN(C(=O)c2c(F)cccc2F)CC1. The largest absolute Gasteiger partial charge is 0.350 e. The van der Waals surface area contributed by atoms with Crippen LogP contribution in [0.25, 0.3) is 0 Å². The minimum atomic E-state index is -0.886. The number of rotatable bonds is 5. The van der Waals surface area contributed by atoms with E-state index in [1.807, 2.05) is 25.7 Å². The van der Waals surface area contributed by atoms with Gasteiger partial charge in [-0.15, -0.1) is 0 Å². The lowest BCUT2D eigenvalue weighted by Gasteiger charge is -2.35. The third-order valence-corrected chi connectivity index (χ3v) is 4.52. The number of carbonyl (C=O) groups is 3. The van der Waals surface area contributed by atoms with E-state index >= 15 is 0 Å². The molecule has 0 aliphatic carbocycles. The number of hydrogen-bond acceptors (Lipinski definition) is 4. The highest BCUT2D eigenvalue weighted by atomic mass is 19.1. The third-order valence-electron chi connectivity index (χ3n) is 4.52. The number of likely N-dealkylation sites (N-methyl/N-ethyl adjacent to an activating group) is 1. The average molecular weight is 410 g/mol. The fraction of sp³-hybridized carbons (Fsp3) is 0.550. The Labute approximate surface area is 169 Å². The zero-order valence-corrected chi connectivity index (χ0v) is 17.3. The van der Waals surface area contributed by atoms with Crippen LogP contribution in [0.5, 0.6) is 0 Å². The van der Waals surface area contributed by atoms with Crippen molar-refractivity contribution in [3.63, 3.8) is 0 Å². The molecule has 0 radical (unpaired) electrons. The van der Waals surface area contributed by atoms with Gasteiger partial charge in [-0.05, 0) is 32.9 Å². The van der Waals surface area contributed by atoms with Crippen LogP contribution in [0.3, 0.4) is 0 Å². The number of benzene rings is 1. The Morgan fingerprint density at radius 1 is 1.07 bits per heavy atom. The monoisotopic (exact) mass is 410 g/mol. The van der Waals surface area contributed by atoms with Gasteiger partial charge in [0.15, 0.2) is 0 Å². The van der Waals surface area contributed by atoms with Gasteiger partial charge in [0, 0.05) is 38.8 Å². The Kier molecular flexibility index (Phi) is 7.29. The number of halogens is 2. The smallest absolute Gasteiger partial charge is 0.259 e. The highest BCUT2D eigenvalue weighted by Crippen LogP contribution is 2.16. The first kappa shape index (κ1) is 22.7. The molecule has 0 saturated carbocycles. The molecule has 2 rings (SSSR count). The number of nitrogens with zero attached hydrogens (tertiary/aromatic N) is 3. The maximum absolute atomic E-state index is 13.8. The van der Waals surface area contributed by atoms with E-state index in [4.69, 9.17) is 0 Å². The molecular weight excluding hydrogens is 382 g/mol. The molecule has 1 aromatic rings. The number of nitrogens with one attached hydrogen (secondary N) is 1. The van der Waals surface area contributed by atoms with Crippen LogP contribution in [-0.4, -0.2) is 84.3 Å². The van der Waals surface area contributed by atoms with Crippen LogP contribution in [0.2, 0.25) is 0 Å². The van der Waals surface area contributed by atoms with Crippen LogP contribution in [0.1, 0.15) is 31.1 Å². The molecule has 0 bridgehead atoms. The van der Waals surface area contributed by atoms with Gasteiger partial charge in [-0.25, -0.2) is 8.78 Å². The van der Waals surface area contributed by atoms with Crippen LogP contribution in [0.15, 0.2) is 18.2 Å². The standard InChI is InChI=1S/C20H28F2N4O3/c1-20(2,3)23-16(27)12-24(4)17(28)13-25-8-10-26(11-9-25)19(29)18-14(21)6-5-7-15(18)22/h5-7H,8-13H2,1-4H3,(H,23,27).